The molecule has 1 aromatic carbocycles. The SMILES string of the molecule is CC[C@H](C)[C@H](NC(=O)C(C)Cc1ccccc1Cl)C(=O)O. The van der Waals surface area contributed by atoms with Crippen molar-refractivity contribution >= 4 is 23.5 Å². The zero-order chi connectivity index (χ0) is 16.0. The van der Waals surface area contributed by atoms with Crippen LogP contribution in [0.4, 0.5) is 0 Å². The van der Waals surface area contributed by atoms with Crippen LogP contribution in [-0.4, -0.2) is 23.0 Å². The maximum Gasteiger partial charge on any atom is 0.326 e. The van der Waals surface area contributed by atoms with E-state index in [9.17, 15) is 14.7 Å². The summed E-state index contributed by atoms with van der Waals surface area (Å²) in [5, 5.41) is 12.4. The van der Waals surface area contributed by atoms with E-state index in [4.69, 9.17) is 11.6 Å². The molecule has 0 heterocycles. The fraction of sp³-hybridized carbons (Fsp3) is 0.500. The Morgan fingerprint density at radius 1 is 1.29 bits per heavy atom. The van der Waals surface area contributed by atoms with Crippen LogP contribution in [0.2, 0.25) is 5.02 Å². The zero-order valence-corrected chi connectivity index (χ0v) is 13.4. The smallest absolute Gasteiger partial charge is 0.326 e. The molecule has 3 atom stereocenters. The summed E-state index contributed by atoms with van der Waals surface area (Å²) in [5.74, 6) is -1.71. The molecule has 1 rings (SSSR count). The molecule has 0 radical (unpaired) electrons. The molecule has 0 aliphatic heterocycles. The van der Waals surface area contributed by atoms with Crippen LogP contribution in [0.5, 0.6) is 0 Å². The number of hydrogen-bond acceptors (Lipinski definition) is 2. The Balaban J connectivity index is 2.70. The highest BCUT2D eigenvalue weighted by Gasteiger charge is 2.27. The van der Waals surface area contributed by atoms with Crippen LogP contribution in [0.3, 0.4) is 0 Å². The zero-order valence-electron chi connectivity index (χ0n) is 12.6. The lowest BCUT2D eigenvalue weighted by Crippen LogP contribution is -2.47. The normalized spacial score (nSPS) is 15.0. The van der Waals surface area contributed by atoms with Gasteiger partial charge in [-0.25, -0.2) is 4.79 Å². The molecule has 2 N–H and O–H groups in total. The van der Waals surface area contributed by atoms with E-state index in [1.165, 1.54) is 0 Å². The van der Waals surface area contributed by atoms with E-state index in [2.05, 4.69) is 5.32 Å². The number of carboxylic acids is 1. The van der Waals surface area contributed by atoms with Crippen LogP contribution >= 0.6 is 11.6 Å². The molecule has 21 heavy (non-hydrogen) atoms. The third-order valence-corrected chi connectivity index (χ3v) is 4.08. The van der Waals surface area contributed by atoms with E-state index in [0.717, 1.165) is 5.56 Å². The van der Waals surface area contributed by atoms with Gasteiger partial charge in [-0.1, -0.05) is 57.0 Å². The summed E-state index contributed by atoms with van der Waals surface area (Å²) in [4.78, 5) is 23.4. The van der Waals surface area contributed by atoms with Gasteiger partial charge in [0.05, 0.1) is 0 Å². The van der Waals surface area contributed by atoms with Crippen molar-refractivity contribution in [2.45, 2.75) is 39.7 Å². The van der Waals surface area contributed by atoms with E-state index in [1.807, 2.05) is 32.0 Å². The Bertz CT molecular complexity index is 504. The monoisotopic (exact) mass is 311 g/mol. The molecule has 1 unspecified atom stereocenters. The second-order valence-electron chi connectivity index (χ2n) is 5.41. The Labute approximate surface area is 130 Å². The average Bonchev–Trinajstić information content (AvgIpc) is 2.45. The Kier molecular flexibility index (Phi) is 6.69. The van der Waals surface area contributed by atoms with Gasteiger partial charge in [0.1, 0.15) is 6.04 Å². The van der Waals surface area contributed by atoms with Crippen LogP contribution in [0.1, 0.15) is 32.8 Å². The first kappa shape index (κ1) is 17.5. The molecular weight excluding hydrogens is 290 g/mol. The lowest BCUT2D eigenvalue weighted by Gasteiger charge is -2.22. The topological polar surface area (TPSA) is 66.4 Å². The van der Waals surface area contributed by atoms with Gasteiger partial charge < -0.3 is 10.4 Å². The number of nitrogens with one attached hydrogen (secondary N) is 1. The maximum absolute atomic E-state index is 12.2. The molecule has 1 amide bonds. The van der Waals surface area contributed by atoms with Crippen molar-refractivity contribution < 1.29 is 14.7 Å². The Morgan fingerprint density at radius 3 is 2.43 bits per heavy atom. The number of hydrogen-bond donors (Lipinski definition) is 2. The van der Waals surface area contributed by atoms with Gasteiger partial charge in [0.2, 0.25) is 5.91 Å². The van der Waals surface area contributed by atoms with Crippen LogP contribution in [-0.2, 0) is 16.0 Å². The summed E-state index contributed by atoms with van der Waals surface area (Å²) < 4.78 is 0. The number of amides is 1. The van der Waals surface area contributed by atoms with Crippen LogP contribution in [0.25, 0.3) is 0 Å². The van der Waals surface area contributed by atoms with E-state index in [0.29, 0.717) is 17.9 Å². The van der Waals surface area contributed by atoms with Gasteiger partial charge in [0.25, 0.3) is 0 Å². The standard InChI is InChI=1S/C16H22ClNO3/c1-4-10(2)14(16(20)21)18-15(19)11(3)9-12-7-5-6-8-13(12)17/h5-8,10-11,14H,4,9H2,1-3H3,(H,18,19)(H,20,21)/t10-,11?,14-/m0/s1. The summed E-state index contributed by atoms with van der Waals surface area (Å²) in [5.41, 5.74) is 0.886. The van der Waals surface area contributed by atoms with Gasteiger partial charge in [0.15, 0.2) is 0 Å². The summed E-state index contributed by atoms with van der Waals surface area (Å²) in [6.07, 6.45) is 1.18. The lowest BCUT2D eigenvalue weighted by molar-refractivity contribution is -0.143. The van der Waals surface area contributed by atoms with Gasteiger partial charge >= 0.3 is 5.97 Å². The summed E-state index contributed by atoms with van der Waals surface area (Å²) in [6.45, 7) is 5.49. The number of halogens is 1. The maximum atomic E-state index is 12.2. The summed E-state index contributed by atoms with van der Waals surface area (Å²) in [6, 6.07) is 6.50. The highest BCUT2D eigenvalue weighted by atomic mass is 35.5. The van der Waals surface area contributed by atoms with Crippen molar-refractivity contribution in [2.24, 2.45) is 11.8 Å². The highest BCUT2D eigenvalue weighted by Crippen LogP contribution is 2.19. The van der Waals surface area contributed by atoms with E-state index in [-0.39, 0.29) is 17.7 Å². The molecule has 0 spiro atoms. The Morgan fingerprint density at radius 2 is 1.90 bits per heavy atom. The highest BCUT2D eigenvalue weighted by molar-refractivity contribution is 6.31. The second-order valence-corrected chi connectivity index (χ2v) is 5.81. The second kappa shape index (κ2) is 8.03. The average molecular weight is 312 g/mol. The van der Waals surface area contributed by atoms with Crippen molar-refractivity contribution in [3.05, 3.63) is 34.9 Å². The predicted octanol–water partition coefficient (Wildman–Crippen LogP) is 3.13. The first-order chi connectivity index (χ1) is 9.86. The van der Waals surface area contributed by atoms with Crippen LogP contribution < -0.4 is 5.32 Å². The molecule has 1 aromatic rings. The molecule has 0 aromatic heterocycles. The van der Waals surface area contributed by atoms with E-state index in [1.54, 1.807) is 13.0 Å². The molecule has 0 fully saturated rings. The minimum absolute atomic E-state index is 0.112. The van der Waals surface area contributed by atoms with Gasteiger partial charge in [-0.2, -0.15) is 0 Å². The van der Waals surface area contributed by atoms with Gasteiger partial charge in [0, 0.05) is 10.9 Å². The molecule has 0 aliphatic rings. The molecule has 0 bridgehead atoms. The third-order valence-electron chi connectivity index (χ3n) is 3.71. The number of carbonyl (C=O) groups is 2. The van der Waals surface area contributed by atoms with Gasteiger partial charge in [-0.05, 0) is 24.0 Å². The van der Waals surface area contributed by atoms with Crippen LogP contribution in [0, 0.1) is 11.8 Å². The molecule has 4 nitrogen and oxygen atoms in total. The number of rotatable bonds is 7. The molecule has 116 valence electrons. The quantitative estimate of drug-likeness (QED) is 0.813. The molecule has 0 saturated carbocycles. The largest absolute Gasteiger partial charge is 0.480 e. The number of benzene rings is 1. The molecular formula is C16H22ClNO3. The van der Waals surface area contributed by atoms with Gasteiger partial charge in [-0.3, -0.25) is 4.79 Å². The number of carbonyl (C=O) groups excluding carboxylic acids is 1. The molecule has 0 saturated heterocycles. The molecule has 5 heteroatoms. The third kappa shape index (κ3) is 5.05. The summed E-state index contributed by atoms with van der Waals surface area (Å²) in [7, 11) is 0. The number of aliphatic carboxylic acids is 1. The van der Waals surface area contributed by atoms with Crippen LogP contribution in [0.15, 0.2) is 24.3 Å². The van der Waals surface area contributed by atoms with Crippen molar-refractivity contribution in [2.75, 3.05) is 0 Å². The lowest BCUT2D eigenvalue weighted by atomic mass is 9.96. The van der Waals surface area contributed by atoms with Gasteiger partial charge in [-0.15, -0.1) is 0 Å². The first-order valence-electron chi connectivity index (χ1n) is 7.13. The first-order valence-corrected chi connectivity index (χ1v) is 7.51. The summed E-state index contributed by atoms with van der Waals surface area (Å²) >= 11 is 6.08. The fourth-order valence-electron chi connectivity index (χ4n) is 2.07. The minimum Gasteiger partial charge on any atom is -0.480 e. The minimum atomic E-state index is -0.998. The van der Waals surface area contributed by atoms with Crippen molar-refractivity contribution in [3.63, 3.8) is 0 Å². The number of carboxylic acid groups (broad SMARTS) is 1. The molecule has 0 aliphatic carbocycles. The van der Waals surface area contributed by atoms with E-state index < -0.39 is 12.0 Å². The Hall–Kier alpha value is -1.55. The van der Waals surface area contributed by atoms with Crippen molar-refractivity contribution in [1.29, 1.82) is 0 Å². The van der Waals surface area contributed by atoms with E-state index >= 15 is 0 Å². The van der Waals surface area contributed by atoms with Crippen molar-refractivity contribution in [3.8, 4) is 0 Å². The predicted molar refractivity (Wildman–Crippen MR) is 83.3 cm³/mol. The van der Waals surface area contributed by atoms with Crippen molar-refractivity contribution in [1.82, 2.24) is 5.32 Å². The fourth-order valence-corrected chi connectivity index (χ4v) is 2.28.